The molecule has 0 radical (unpaired) electrons. The second-order valence-electron chi connectivity index (χ2n) is 6.08. The van der Waals surface area contributed by atoms with E-state index >= 15 is 0 Å². The zero-order valence-electron chi connectivity index (χ0n) is 15.0. The number of phenols is 1. The van der Waals surface area contributed by atoms with Crippen molar-refractivity contribution in [3.8, 4) is 11.5 Å². The van der Waals surface area contributed by atoms with Gasteiger partial charge in [0.15, 0.2) is 16.6 Å². The van der Waals surface area contributed by atoms with Gasteiger partial charge in [-0.25, -0.2) is 0 Å². The molecule has 0 fully saturated rings. The van der Waals surface area contributed by atoms with Crippen molar-refractivity contribution in [1.82, 2.24) is 10.6 Å². The van der Waals surface area contributed by atoms with Crippen molar-refractivity contribution in [2.24, 2.45) is 0 Å². The molecular formula is C19H17Cl2N3O3S. The van der Waals surface area contributed by atoms with Crippen LogP contribution in [0.25, 0.3) is 0 Å². The average Bonchev–Trinajstić information content (AvgIpc) is 2.64. The number of methoxy groups -OCH3 is 1. The number of hydrogen-bond acceptors (Lipinski definition) is 4. The molecule has 1 aliphatic heterocycles. The number of nitrogens with one attached hydrogen (secondary N) is 3. The first-order valence-corrected chi connectivity index (χ1v) is 9.38. The monoisotopic (exact) mass is 437 g/mol. The van der Waals surface area contributed by atoms with Crippen molar-refractivity contribution in [2.75, 3.05) is 12.4 Å². The number of benzene rings is 2. The molecule has 146 valence electrons. The number of ether oxygens (including phenoxy) is 1. The van der Waals surface area contributed by atoms with E-state index in [9.17, 15) is 9.90 Å². The van der Waals surface area contributed by atoms with Gasteiger partial charge >= 0.3 is 0 Å². The number of allylic oxidation sites excluding steroid dienone is 1. The van der Waals surface area contributed by atoms with Crippen molar-refractivity contribution >= 4 is 52.1 Å². The van der Waals surface area contributed by atoms with Crippen LogP contribution in [0.3, 0.4) is 0 Å². The fourth-order valence-corrected chi connectivity index (χ4v) is 3.51. The molecular weight excluding hydrogens is 421 g/mol. The third-order valence-corrected chi connectivity index (χ3v) is 5.01. The number of halogens is 2. The largest absolute Gasteiger partial charge is 0.504 e. The molecule has 2 aromatic rings. The molecule has 0 aromatic heterocycles. The average molecular weight is 438 g/mol. The molecule has 0 bridgehead atoms. The summed E-state index contributed by atoms with van der Waals surface area (Å²) in [5.41, 5.74) is 2.10. The maximum Gasteiger partial charge on any atom is 0.255 e. The molecule has 0 saturated heterocycles. The van der Waals surface area contributed by atoms with Crippen LogP contribution in [0.2, 0.25) is 10.0 Å². The molecule has 3 rings (SSSR count). The van der Waals surface area contributed by atoms with Crippen molar-refractivity contribution in [3.05, 3.63) is 63.3 Å². The number of phenolic OH excluding ortho intramolecular Hbond substituents is 1. The maximum atomic E-state index is 13.1. The number of rotatable bonds is 4. The van der Waals surface area contributed by atoms with Gasteiger partial charge in [-0.15, -0.1) is 0 Å². The highest BCUT2D eigenvalue weighted by atomic mass is 35.5. The Morgan fingerprint density at radius 1 is 1.25 bits per heavy atom. The van der Waals surface area contributed by atoms with Crippen LogP contribution in [0.4, 0.5) is 5.69 Å². The van der Waals surface area contributed by atoms with E-state index in [2.05, 4.69) is 16.0 Å². The van der Waals surface area contributed by atoms with E-state index < -0.39 is 6.04 Å². The molecule has 0 spiro atoms. The fraction of sp³-hybridized carbons (Fsp3) is 0.158. The highest BCUT2D eigenvalue weighted by molar-refractivity contribution is 7.80. The quantitative estimate of drug-likeness (QED) is 0.538. The molecule has 0 aliphatic carbocycles. The Labute approximate surface area is 177 Å². The summed E-state index contributed by atoms with van der Waals surface area (Å²) in [5, 5.41) is 19.9. The molecule has 1 atom stereocenters. The van der Waals surface area contributed by atoms with E-state index in [1.54, 1.807) is 37.3 Å². The van der Waals surface area contributed by atoms with Gasteiger partial charge in [-0.3, -0.25) is 4.79 Å². The van der Waals surface area contributed by atoms with Gasteiger partial charge < -0.3 is 25.8 Å². The second-order valence-corrected chi connectivity index (χ2v) is 7.33. The third-order valence-electron chi connectivity index (χ3n) is 4.23. The molecule has 1 amide bonds. The minimum Gasteiger partial charge on any atom is -0.504 e. The lowest BCUT2D eigenvalue weighted by Crippen LogP contribution is -2.45. The molecule has 28 heavy (non-hydrogen) atoms. The smallest absolute Gasteiger partial charge is 0.255 e. The van der Waals surface area contributed by atoms with Crippen molar-refractivity contribution in [1.29, 1.82) is 0 Å². The molecule has 9 heteroatoms. The van der Waals surface area contributed by atoms with E-state index in [0.717, 1.165) is 0 Å². The van der Waals surface area contributed by atoms with E-state index in [4.69, 9.17) is 40.2 Å². The van der Waals surface area contributed by atoms with Crippen LogP contribution >= 0.6 is 35.4 Å². The summed E-state index contributed by atoms with van der Waals surface area (Å²) in [4.78, 5) is 13.1. The van der Waals surface area contributed by atoms with Crippen molar-refractivity contribution in [3.63, 3.8) is 0 Å². The van der Waals surface area contributed by atoms with Gasteiger partial charge in [0.25, 0.3) is 5.91 Å². The minimum atomic E-state index is -0.554. The van der Waals surface area contributed by atoms with Gasteiger partial charge in [0.1, 0.15) is 0 Å². The number of hydrogen-bond donors (Lipinski definition) is 4. The summed E-state index contributed by atoms with van der Waals surface area (Å²) < 4.78 is 5.18. The second kappa shape index (κ2) is 8.26. The van der Waals surface area contributed by atoms with Gasteiger partial charge in [-0.2, -0.15) is 0 Å². The molecule has 6 nitrogen and oxygen atoms in total. The molecule has 2 aromatic carbocycles. The first-order chi connectivity index (χ1) is 13.3. The predicted molar refractivity (Wildman–Crippen MR) is 114 cm³/mol. The van der Waals surface area contributed by atoms with Crippen molar-refractivity contribution in [2.45, 2.75) is 13.0 Å². The lowest BCUT2D eigenvalue weighted by atomic mass is 9.94. The molecule has 4 N–H and O–H groups in total. The Hall–Kier alpha value is -2.48. The van der Waals surface area contributed by atoms with Crippen molar-refractivity contribution < 1.29 is 14.6 Å². The van der Waals surface area contributed by atoms with Crippen LogP contribution in [0.5, 0.6) is 11.5 Å². The summed E-state index contributed by atoms with van der Waals surface area (Å²) in [7, 11) is 1.45. The minimum absolute atomic E-state index is 0.000160. The topological polar surface area (TPSA) is 82.6 Å². The van der Waals surface area contributed by atoms with Crippen LogP contribution in [-0.4, -0.2) is 23.2 Å². The van der Waals surface area contributed by atoms with Crippen LogP contribution < -0.4 is 20.7 Å². The van der Waals surface area contributed by atoms with Gasteiger partial charge in [0.2, 0.25) is 0 Å². The lowest BCUT2D eigenvalue weighted by molar-refractivity contribution is -0.113. The van der Waals surface area contributed by atoms with Gasteiger partial charge in [0, 0.05) is 10.7 Å². The molecule has 1 aliphatic rings. The zero-order valence-corrected chi connectivity index (χ0v) is 17.3. The molecule has 1 heterocycles. The molecule has 1 unspecified atom stereocenters. The van der Waals surface area contributed by atoms with E-state index in [1.807, 2.05) is 0 Å². The van der Waals surface area contributed by atoms with Gasteiger partial charge in [0.05, 0.1) is 29.4 Å². The SMILES string of the molecule is COc1cc(C2NC(=S)NC(C)=C2C(=O)Nc2cc(Cl)ccc2Cl)ccc1O. The third kappa shape index (κ3) is 4.16. The first kappa shape index (κ1) is 20.3. The number of carbonyl (C=O) groups is 1. The molecule has 0 saturated carbocycles. The Morgan fingerprint density at radius 3 is 2.71 bits per heavy atom. The maximum absolute atomic E-state index is 13.1. The summed E-state index contributed by atoms with van der Waals surface area (Å²) in [5.74, 6) is -0.0829. The van der Waals surface area contributed by atoms with Crippen LogP contribution in [-0.2, 0) is 4.79 Å². The number of amides is 1. The number of thiocarbonyl (C=S) groups is 1. The highest BCUT2D eigenvalue weighted by Crippen LogP contribution is 2.34. The standard InChI is InChI=1S/C19H17Cl2N3O3S/c1-9-16(18(26)23-13-8-11(20)4-5-12(13)21)17(24-19(28)22-9)10-3-6-14(25)15(7-10)27-2/h3-8,17,25H,1-2H3,(H,23,26)(H2,22,24,28). The summed E-state index contributed by atoms with van der Waals surface area (Å²) in [6.07, 6.45) is 0. The van der Waals surface area contributed by atoms with E-state index in [1.165, 1.54) is 13.2 Å². The van der Waals surface area contributed by atoms with E-state index in [0.29, 0.717) is 43.4 Å². The summed E-state index contributed by atoms with van der Waals surface area (Å²) >= 11 is 17.4. The normalized spacial score (nSPS) is 16.3. The summed E-state index contributed by atoms with van der Waals surface area (Å²) in [6.45, 7) is 1.76. The zero-order chi connectivity index (χ0) is 20.4. The van der Waals surface area contributed by atoms with Crippen LogP contribution in [0.15, 0.2) is 47.7 Å². The van der Waals surface area contributed by atoms with E-state index in [-0.39, 0.29) is 11.7 Å². The number of anilines is 1. The Bertz CT molecular complexity index is 994. The Morgan fingerprint density at radius 2 is 2.00 bits per heavy atom. The van der Waals surface area contributed by atoms with Gasteiger partial charge in [-0.05, 0) is 55.0 Å². The predicted octanol–water partition coefficient (Wildman–Crippen LogP) is 4.14. The lowest BCUT2D eigenvalue weighted by Gasteiger charge is -2.30. The Kier molecular flexibility index (Phi) is 5.98. The van der Waals surface area contributed by atoms with Crippen LogP contribution in [0.1, 0.15) is 18.5 Å². The highest BCUT2D eigenvalue weighted by Gasteiger charge is 2.30. The summed E-state index contributed by atoms with van der Waals surface area (Å²) in [6, 6.07) is 9.10. The first-order valence-electron chi connectivity index (χ1n) is 8.21. The fourth-order valence-electron chi connectivity index (χ4n) is 2.90. The number of aromatic hydroxyl groups is 1. The number of carbonyl (C=O) groups excluding carboxylic acids is 1. The van der Waals surface area contributed by atoms with Crippen LogP contribution in [0, 0.1) is 0 Å². The van der Waals surface area contributed by atoms with Gasteiger partial charge in [-0.1, -0.05) is 29.3 Å². The Balaban J connectivity index is 2.00.